The molecule has 0 saturated heterocycles. The smallest absolute Gasteiger partial charge is 0.179 e. The van der Waals surface area contributed by atoms with E-state index in [1.807, 2.05) is 20.0 Å². The summed E-state index contributed by atoms with van der Waals surface area (Å²) in [6.07, 6.45) is 3.53. The van der Waals surface area contributed by atoms with Crippen molar-refractivity contribution in [3.8, 4) is 0 Å². The van der Waals surface area contributed by atoms with Gasteiger partial charge in [0.05, 0.1) is 6.04 Å². The van der Waals surface area contributed by atoms with Crippen molar-refractivity contribution in [3.05, 3.63) is 34.9 Å². The summed E-state index contributed by atoms with van der Waals surface area (Å²) in [5, 5.41) is 2.98. The lowest BCUT2D eigenvalue weighted by atomic mass is 10.0. The minimum Gasteiger partial charge on any atom is -0.310 e. The number of carbonyl (C=O) groups excluding carboxylic acids is 1. The summed E-state index contributed by atoms with van der Waals surface area (Å²) in [5.41, 5.74) is 3.63. The van der Waals surface area contributed by atoms with Gasteiger partial charge in [-0.15, -0.1) is 12.4 Å². The zero-order chi connectivity index (χ0) is 10.8. The fourth-order valence-corrected chi connectivity index (χ4v) is 2.11. The van der Waals surface area contributed by atoms with Crippen molar-refractivity contribution < 1.29 is 4.79 Å². The topological polar surface area (TPSA) is 29.1 Å². The molecule has 0 saturated carbocycles. The number of Topliss-reactive ketones (excluding diaryl/α,β-unsaturated/α-hetero) is 1. The molecule has 1 N–H and O–H groups in total. The number of fused-ring (bicyclic) bond motifs is 1. The Morgan fingerprint density at radius 3 is 2.69 bits per heavy atom. The number of carbonyl (C=O) groups is 1. The van der Waals surface area contributed by atoms with Crippen LogP contribution in [0, 0.1) is 0 Å². The standard InChI is InChI=1S/C13H17NO.ClH/c1-9(14-2)13(15)12-7-6-10-4-3-5-11(10)8-12;/h6-9,14H,3-5H2,1-2H3;1H. The van der Waals surface area contributed by atoms with Gasteiger partial charge < -0.3 is 5.32 Å². The highest BCUT2D eigenvalue weighted by Gasteiger charge is 2.16. The number of benzene rings is 1. The number of ketones is 1. The average Bonchev–Trinajstić information content (AvgIpc) is 2.73. The Bertz CT molecular complexity index is 390. The Morgan fingerprint density at radius 1 is 1.31 bits per heavy atom. The van der Waals surface area contributed by atoms with Gasteiger partial charge in [0.1, 0.15) is 0 Å². The van der Waals surface area contributed by atoms with E-state index in [0.29, 0.717) is 0 Å². The van der Waals surface area contributed by atoms with E-state index in [1.54, 1.807) is 0 Å². The zero-order valence-electron chi connectivity index (χ0n) is 9.75. The molecule has 0 aromatic heterocycles. The van der Waals surface area contributed by atoms with Crippen LogP contribution in [0.4, 0.5) is 0 Å². The monoisotopic (exact) mass is 239 g/mol. The van der Waals surface area contributed by atoms with Crippen molar-refractivity contribution in [1.82, 2.24) is 5.32 Å². The summed E-state index contributed by atoms with van der Waals surface area (Å²) < 4.78 is 0. The molecule has 1 aromatic carbocycles. The second kappa shape index (κ2) is 5.46. The van der Waals surface area contributed by atoms with Gasteiger partial charge >= 0.3 is 0 Å². The van der Waals surface area contributed by atoms with Gasteiger partial charge in [0.25, 0.3) is 0 Å². The van der Waals surface area contributed by atoms with Crippen LogP contribution in [0.25, 0.3) is 0 Å². The Labute approximate surface area is 103 Å². The molecule has 0 radical (unpaired) electrons. The molecule has 0 aliphatic heterocycles. The molecule has 0 heterocycles. The van der Waals surface area contributed by atoms with E-state index in [0.717, 1.165) is 12.0 Å². The molecule has 2 rings (SSSR count). The van der Waals surface area contributed by atoms with Crippen LogP contribution in [-0.4, -0.2) is 18.9 Å². The maximum atomic E-state index is 11.9. The first-order chi connectivity index (χ1) is 7.22. The van der Waals surface area contributed by atoms with Gasteiger partial charge in [0.2, 0.25) is 0 Å². The van der Waals surface area contributed by atoms with Crippen molar-refractivity contribution in [2.45, 2.75) is 32.2 Å². The minimum atomic E-state index is -0.0931. The third-order valence-corrected chi connectivity index (χ3v) is 3.21. The van der Waals surface area contributed by atoms with Gasteiger partial charge in [-0.25, -0.2) is 0 Å². The highest BCUT2D eigenvalue weighted by atomic mass is 35.5. The van der Waals surface area contributed by atoms with Crippen LogP contribution in [0.3, 0.4) is 0 Å². The first-order valence-electron chi connectivity index (χ1n) is 5.55. The number of likely N-dealkylation sites (N-methyl/N-ethyl adjacent to an activating group) is 1. The van der Waals surface area contributed by atoms with E-state index in [-0.39, 0.29) is 24.2 Å². The largest absolute Gasteiger partial charge is 0.310 e. The van der Waals surface area contributed by atoms with Crippen molar-refractivity contribution in [1.29, 1.82) is 0 Å². The molecule has 0 fully saturated rings. The van der Waals surface area contributed by atoms with Crippen LogP contribution in [0.5, 0.6) is 0 Å². The predicted molar refractivity (Wildman–Crippen MR) is 68.6 cm³/mol. The summed E-state index contributed by atoms with van der Waals surface area (Å²) in [7, 11) is 1.82. The van der Waals surface area contributed by atoms with E-state index in [4.69, 9.17) is 0 Å². The van der Waals surface area contributed by atoms with Gasteiger partial charge in [-0.1, -0.05) is 12.1 Å². The quantitative estimate of drug-likeness (QED) is 0.821. The highest BCUT2D eigenvalue weighted by molar-refractivity contribution is 6.00. The lowest BCUT2D eigenvalue weighted by molar-refractivity contribution is 0.0955. The zero-order valence-corrected chi connectivity index (χ0v) is 10.6. The molecule has 2 nitrogen and oxygen atoms in total. The minimum absolute atomic E-state index is 0. The first kappa shape index (κ1) is 13.2. The van der Waals surface area contributed by atoms with Crippen LogP contribution in [-0.2, 0) is 12.8 Å². The normalized spacial score (nSPS) is 15.1. The third kappa shape index (κ3) is 2.45. The van der Waals surface area contributed by atoms with Gasteiger partial charge in [-0.2, -0.15) is 0 Å². The second-order valence-electron chi connectivity index (χ2n) is 4.21. The van der Waals surface area contributed by atoms with Crippen molar-refractivity contribution in [2.24, 2.45) is 0 Å². The maximum Gasteiger partial charge on any atom is 0.179 e. The molecule has 3 heteroatoms. The molecule has 0 bridgehead atoms. The number of hydrogen-bond donors (Lipinski definition) is 1. The predicted octanol–water partition coefficient (Wildman–Crippen LogP) is 2.39. The molecular weight excluding hydrogens is 222 g/mol. The molecule has 1 aliphatic rings. The number of halogens is 1. The van der Waals surface area contributed by atoms with Gasteiger partial charge in [0.15, 0.2) is 5.78 Å². The van der Waals surface area contributed by atoms with Crippen LogP contribution in [0.2, 0.25) is 0 Å². The van der Waals surface area contributed by atoms with Gasteiger partial charge in [-0.05, 0) is 50.4 Å². The Morgan fingerprint density at radius 2 is 2.00 bits per heavy atom. The lowest BCUT2D eigenvalue weighted by Crippen LogP contribution is -2.30. The third-order valence-electron chi connectivity index (χ3n) is 3.21. The van der Waals surface area contributed by atoms with E-state index in [9.17, 15) is 4.79 Å². The SMILES string of the molecule is CNC(C)C(=O)c1ccc2c(c1)CCC2.Cl. The molecule has 1 unspecified atom stereocenters. The fraction of sp³-hybridized carbons (Fsp3) is 0.462. The van der Waals surface area contributed by atoms with Crippen LogP contribution in [0.1, 0.15) is 34.8 Å². The van der Waals surface area contributed by atoms with E-state index in [1.165, 1.54) is 24.0 Å². The molecular formula is C13H18ClNO. The number of hydrogen-bond acceptors (Lipinski definition) is 2. The molecule has 0 spiro atoms. The van der Waals surface area contributed by atoms with Crippen LogP contribution < -0.4 is 5.32 Å². The van der Waals surface area contributed by atoms with E-state index in [2.05, 4.69) is 17.4 Å². The molecule has 88 valence electrons. The summed E-state index contributed by atoms with van der Waals surface area (Å²) in [6, 6.07) is 6.04. The molecule has 1 aromatic rings. The number of aryl methyl sites for hydroxylation is 2. The molecule has 1 atom stereocenters. The Hall–Kier alpha value is -0.860. The molecule has 1 aliphatic carbocycles. The van der Waals surface area contributed by atoms with E-state index >= 15 is 0 Å². The number of rotatable bonds is 3. The van der Waals surface area contributed by atoms with Crippen molar-refractivity contribution in [3.63, 3.8) is 0 Å². The molecule has 16 heavy (non-hydrogen) atoms. The summed E-state index contributed by atoms with van der Waals surface area (Å²) in [5.74, 6) is 0.187. The van der Waals surface area contributed by atoms with Gasteiger partial charge in [0, 0.05) is 5.56 Å². The fourth-order valence-electron chi connectivity index (χ4n) is 2.11. The van der Waals surface area contributed by atoms with E-state index < -0.39 is 0 Å². The summed E-state index contributed by atoms with van der Waals surface area (Å²) >= 11 is 0. The average molecular weight is 240 g/mol. The van der Waals surface area contributed by atoms with Crippen LogP contribution >= 0.6 is 12.4 Å². The number of nitrogens with one attached hydrogen (secondary N) is 1. The van der Waals surface area contributed by atoms with Gasteiger partial charge in [-0.3, -0.25) is 4.79 Å². The summed E-state index contributed by atoms with van der Waals surface area (Å²) in [4.78, 5) is 11.9. The Balaban J connectivity index is 0.00000128. The maximum absolute atomic E-state index is 11.9. The first-order valence-corrected chi connectivity index (χ1v) is 5.55. The summed E-state index contributed by atoms with van der Waals surface area (Å²) in [6.45, 7) is 1.90. The van der Waals surface area contributed by atoms with Crippen LogP contribution in [0.15, 0.2) is 18.2 Å². The lowest BCUT2D eigenvalue weighted by Gasteiger charge is -2.10. The Kier molecular flexibility index (Phi) is 4.51. The van der Waals surface area contributed by atoms with Crippen molar-refractivity contribution >= 4 is 18.2 Å². The second-order valence-corrected chi connectivity index (χ2v) is 4.21. The molecule has 0 amide bonds. The van der Waals surface area contributed by atoms with Crippen molar-refractivity contribution in [2.75, 3.05) is 7.05 Å². The highest BCUT2D eigenvalue weighted by Crippen LogP contribution is 2.23.